The van der Waals surface area contributed by atoms with Gasteiger partial charge in [0.15, 0.2) is 5.69 Å². The van der Waals surface area contributed by atoms with E-state index in [0.29, 0.717) is 5.69 Å². The van der Waals surface area contributed by atoms with Crippen molar-refractivity contribution in [1.82, 2.24) is 15.0 Å². The third-order valence-electron chi connectivity index (χ3n) is 2.12. The fourth-order valence-electron chi connectivity index (χ4n) is 1.34. The van der Waals surface area contributed by atoms with Gasteiger partial charge >= 0.3 is 0 Å². The smallest absolute Gasteiger partial charge is 0.161 e. The number of hydrogen-bond acceptors (Lipinski definition) is 3. The van der Waals surface area contributed by atoms with E-state index in [1.807, 2.05) is 0 Å². The van der Waals surface area contributed by atoms with Crippen LogP contribution in [0.15, 0.2) is 0 Å². The molecule has 0 N–H and O–H groups in total. The summed E-state index contributed by atoms with van der Waals surface area (Å²) in [6.45, 7) is 5.00. The Morgan fingerprint density at radius 1 is 1.36 bits per heavy atom. The van der Waals surface area contributed by atoms with Crippen LogP contribution in [-0.4, -0.2) is 15.0 Å². The zero-order chi connectivity index (χ0) is 10.4. The Hall–Kier alpha value is -1.37. The van der Waals surface area contributed by atoms with E-state index in [1.165, 1.54) is 0 Å². The minimum absolute atomic E-state index is 0.639. The van der Waals surface area contributed by atoms with Crippen molar-refractivity contribution in [3.05, 3.63) is 11.4 Å². The first kappa shape index (κ1) is 10.7. The number of rotatable bonds is 5. The number of aryl methyl sites for hydroxylation is 2. The molecule has 0 aliphatic carbocycles. The second-order valence-corrected chi connectivity index (χ2v) is 3.32. The van der Waals surface area contributed by atoms with Gasteiger partial charge in [-0.3, -0.25) is 0 Å². The van der Waals surface area contributed by atoms with Gasteiger partial charge in [0.05, 0.1) is 0 Å². The molecule has 4 heteroatoms. The van der Waals surface area contributed by atoms with Crippen molar-refractivity contribution < 1.29 is 0 Å². The molecule has 0 atom stereocenters. The van der Waals surface area contributed by atoms with Gasteiger partial charge in [0.1, 0.15) is 11.8 Å². The number of unbranched alkanes of at least 4 members (excludes halogenated alkanes) is 1. The molecule has 1 aromatic rings. The molecule has 14 heavy (non-hydrogen) atoms. The average Bonchev–Trinajstić information content (AvgIpc) is 2.58. The van der Waals surface area contributed by atoms with Gasteiger partial charge in [0.25, 0.3) is 0 Å². The Balaban J connectivity index is 2.79. The summed E-state index contributed by atoms with van der Waals surface area (Å²) in [4.78, 5) is 0. The van der Waals surface area contributed by atoms with E-state index in [2.05, 4.69) is 30.2 Å². The fraction of sp³-hybridized carbons (Fsp3) is 0.700. The van der Waals surface area contributed by atoms with Gasteiger partial charge in [-0.2, -0.15) is 5.26 Å². The van der Waals surface area contributed by atoms with Gasteiger partial charge in [-0.15, -0.1) is 5.10 Å². The fourth-order valence-corrected chi connectivity index (χ4v) is 1.34. The van der Waals surface area contributed by atoms with Crippen LogP contribution < -0.4 is 0 Å². The highest BCUT2D eigenvalue weighted by molar-refractivity contribution is 5.25. The number of hydrogen-bond donors (Lipinski definition) is 0. The van der Waals surface area contributed by atoms with E-state index < -0.39 is 0 Å². The van der Waals surface area contributed by atoms with Crippen molar-refractivity contribution >= 4 is 0 Å². The first-order valence-electron chi connectivity index (χ1n) is 5.15. The van der Waals surface area contributed by atoms with Crippen LogP contribution in [0.1, 0.15) is 44.5 Å². The lowest BCUT2D eigenvalue weighted by Gasteiger charge is -1.99. The minimum atomic E-state index is 0.639. The summed E-state index contributed by atoms with van der Waals surface area (Å²) < 4.78 is 1.72. The number of nitrogens with zero attached hydrogens (tertiary/aromatic N) is 4. The quantitative estimate of drug-likeness (QED) is 0.716. The number of nitriles is 1. The molecule has 0 bridgehead atoms. The monoisotopic (exact) mass is 192 g/mol. The third kappa shape index (κ3) is 2.32. The maximum atomic E-state index is 8.96. The van der Waals surface area contributed by atoms with Crippen molar-refractivity contribution in [2.24, 2.45) is 0 Å². The van der Waals surface area contributed by atoms with Crippen LogP contribution in [0.3, 0.4) is 0 Å². The van der Waals surface area contributed by atoms with E-state index in [-0.39, 0.29) is 0 Å². The number of aromatic nitrogens is 3. The van der Waals surface area contributed by atoms with Gasteiger partial charge < -0.3 is 0 Å². The summed E-state index contributed by atoms with van der Waals surface area (Å²) in [5.74, 6) is 0. The zero-order valence-electron chi connectivity index (χ0n) is 8.82. The molecule has 0 radical (unpaired) electrons. The lowest BCUT2D eigenvalue weighted by molar-refractivity contribution is 0.548. The van der Waals surface area contributed by atoms with Crippen LogP contribution in [0.4, 0.5) is 0 Å². The molecule has 1 heterocycles. The van der Waals surface area contributed by atoms with E-state index in [1.54, 1.807) is 4.68 Å². The van der Waals surface area contributed by atoms with Crippen LogP contribution in [0.2, 0.25) is 0 Å². The summed E-state index contributed by atoms with van der Waals surface area (Å²) in [6.07, 6.45) is 3.99. The van der Waals surface area contributed by atoms with Crippen LogP contribution in [0.25, 0.3) is 0 Å². The van der Waals surface area contributed by atoms with Crippen LogP contribution >= 0.6 is 0 Å². The molecule has 0 amide bonds. The van der Waals surface area contributed by atoms with E-state index >= 15 is 0 Å². The zero-order valence-corrected chi connectivity index (χ0v) is 8.82. The van der Waals surface area contributed by atoms with Crippen LogP contribution in [0, 0.1) is 11.3 Å². The van der Waals surface area contributed by atoms with Crippen molar-refractivity contribution in [2.75, 3.05) is 0 Å². The van der Waals surface area contributed by atoms with Crippen molar-refractivity contribution in [3.8, 4) is 6.07 Å². The molecular formula is C10H16N4. The Labute approximate surface area is 84.5 Å². The molecule has 0 saturated carbocycles. The van der Waals surface area contributed by atoms with Gasteiger partial charge in [-0.05, 0) is 12.8 Å². The summed E-state index contributed by atoms with van der Waals surface area (Å²) >= 11 is 0. The summed E-state index contributed by atoms with van der Waals surface area (Å²) in [6, 6.07) is 2.18. The predicted molar refractivity (Wildman–Crippen MR) is 53.6 cm³/mol. The summed E-state index contributed by atoms with van der Waals surface area (Å²) in [5.41, 5.74) is 1.48. The Bertz CT molecular complexity index is 321. The first-order chi connectivity index (χ1) is 6.83. The Kier molecular flexibility index (Phi) is 4.11. The molecule has 0 aliphatic heterocycles. The highest BCUT2D eigenvalue weighted by Crippen LogP contribution is 2.07. The molecule has 0 aromatic carbocycles. The molecule has 0 fully saturated rings. The maximum absolute atomic E-state index is 8.96. The van der Waals surface area contributed by atoms with Crippen molar-refractivity contribution in [1.29, 1.82) is 5.26 Å². The highest BCUT2D eigenvalue weighted by atomic mass is 15.4. The molecule has 0 spiro atoms. The molecular weight excluding hydrogens is 176 g/mol. The molecule has 1 aromatic heterocycles. The van der Waals surface area contributed by atoms with E-state index in [4.69, 9.17) is 5.26 Å². The van der Waals surface area contributed by atoms with Gasteiger partial charge in [-0.25, -0.2) is 4.68 Å². The predicted octanol–water partition coefficient (Wildman–Crippen LogP) is 1.90. The average molecular weight is 192 g/mol. The van der Waals surface area contributed by atoms with Crippen LogP contribution in [-0.2, 0) is 13.0 Å². The standard InChI is InChI=1S/C10H16N4/c1-3-5-7-14-10(8-11)9(6-4-2)12-13-14/h3-7H2,1-2H3. The largest absolute Gasteiger partial charge is 0.234 e. The molecule has 76 valence electrons. The van der Waals surface area contributed by atoms with Crippen molar-refractivity contribution in [3.63, 3.8) is 0 Å². The second-order valence-electron chi connectivity index (χ2n) is 3.32. The summed E-state index contributed by atoms with van der Waals surface area (Å²) in [5, 5.41) is 17.0. The minimum Gasteiger partial charge on any atom is -0.234 e. The van der Waals surface area contributed by atoms with Crippen LogP contribution in [0.5, 0.6) is 0 Å². The van der Waals surface area contributed by atoms with E-state index in [9.17, 15) is 0 Å². The molecule has 0 aliphatic rings. The lowest BCUT2D eigenvalue weighted by Crippen LogP contribution is -2.03. The molecule has 0 unspecified atom stereocenters. The topological polar surface area (TPSA) is 54.5 Å². The van der Waals surface area contributed by atoms with Gasteiger partial charge in [0.2, 0.25) is 0 Å². The lowest BCUT2D eigenvalue weighted by atomic mass is 10.2. The van der Waals surface area contributed by atoms with Crippen molar-refractivity contribution in [2.45, 2.75) is 46.1 Å². The molecule has 0 saturated heterocycles. The Morgan fingerprint density at radius 2 is 2.14 bits per heavy atom. The molecule has 4 nitrogen and oxygen atoms in total. The highest BCUT2D eigenvalue weighted by Gasteiger charge is 2.10. The first-order valence-corrected chi connectivity index (χ1v) is 5.15. The summed E-state index contributed by atoms with van der Waals surface area (Å²) in [7, 11) is 0. The Morgan fingerprint density at radius 3 is 2.71 bits per heavy atom. The van der Waals surface area contributed by atoms with Gasteiger partial charge in [0, 0.05) is 6.54 Å². The SMILES string of the molecule is CCCCn1nnc(CCC)c1C#N. The molecule has 1 rings (SSSR count). The normalized spacial score (nSPS) is 10.1. The maximum Gasteiger partial charge on any atom is 0.161 e. The second kappa shape index (κ2) is 5.38. The third-order valence-corrected chi connectivity index (χ3v) is 2.12. The van der Waals surface area contributed by atoms with E-state index in [0.717, 1.165) is 37.9 Å². The van der Waals surface area contributed by atoms with Gasteiger partial charge in [-0.1, -0.05) is 31.9 Å².